The molecule has 2 aliphatic heterocycles. The van der Waals surface area contributed by atoms with Gasteiger partial charge in [0.25, 0.3) is 11.5 Å². The van der Waals surface area contributed by atoms with E-state index in [9.17, 15) is 14.4 Å². The van der Waals surface area contributed by atoms with Crippen LogP contribution in [0.3, 0.4) is 0 Å². The second kappa shape index (κ2) is 9.04. The minimum atomic E-state index is -0.0923. The number of hydrogen-bond donors (Lipinski definition) is 1. The Morgan fingerprint density at radius 3 is 2.71 bits per heavy atom. The van der Waals surface area contributed by atoms with Gasteiger partial charge in [-0.15, -0.1) is 0 Å². The highest BCUT2D eigenvalue weighted by Gasteiger charge is 2.30. The Morgan fingerprint density at radius 1 is 1.19 bits per heavy atom. The van der Waals surface area contributed by atoms with E-state index >= 15 is 0 Å². The quantitative estimate of drug-likeness (QED) is 0.802. The lowest BCUT2D eigenvalue weighted by Crippen LogP contribution is -2.45. The molecule has 7 nitrogen and oxygen atoms in total. The number of hydrogen-bond acceptors (Lipinski definition) is 4. The molecule has 31 heavy (non-hydrogen) atoms. The van der Waals surface area contributed by atoms with Crippen LogP contribution in [0.2, 0.25) is 0 Å². The predicted molar refractivity (Wildman–Crippen MR) is 118 cm³/mol. The van der Waals surface area contributed by atoms with Crippen molar-refractivity contribution in [2.24, 2.45) is 5.92 Å². The molecule has 0 unspecified atom stereocenters. The van der Waals surface area contributed by atoms with E-state index in [2.05, 4.69) is 5.32 Å². The van der Waals surface area contributed by atoms with Crippen LogP contribution in [0.15, 0.2) is 35.1 Å². The summed E-state index contributed by atoms with van der Waals surface area (Å²) in [5.74, 6) is 1.05. The number of fused-ring (bicyclic) bond motifs is 2. The van der Waals surface area contributed by atoms with E-state index in [0.29, 0.717) is 43.0 Å². The average Bonchev–Trinajstić information content (AvgIpc) is 2.77. The molecule has 4 rings (SSSR count). The van der Waals surface area contributed by atoms with Gasteiger partial charge in [-0.25, -0.2) is 4.98 Å². The van der Waals surface area contributed by atoms with E-state index in [1.54, 1.807) is 21.6 Å². The zero-order valence-electron chi connectivity index (χ0n) is 18.3. The fourth-order valence-corrected chi connectivity index (χ4v) is 4.52. The van der Waals surface area contributed by atoms with Crippen LogP contribution in [0.4, 0.5) is 0 Å². The fraction of sp³-hybridized carbons (Fsp3) is 0.500. The number of rotatable bonds is 5. The topological polar surface area (TPSA) is 84.3 Å². The number of nitrogens with zero attached hydrogens (tertiary/aromatic N) is 3. The van der Waals surface area contributed by atoms with Crippen LogP contribution >= 0.6 is 0 Å². The molecular weight excluding hydrogens is 392 g/mol. The molecule has 0 saturated carbocycles. The molecule has 2 aromatic rings. The maximum Gasteiger partial charge on any atom is 0.259 e. The van der Waals surface area contributed by atoms with Crippen LogP contribution in [-0.2, 0) is 24.2 Å². The minimum Gasteiger partial charge on any atom is -0.354 e. The summed E-state index contributed by atoms with van der Waals surface area (Å²) in [4.78, 5) is 45.0. The Balaban J connectivity index is 1.57. The average molecular weight is 423 g/mol. The fourth-order valence-electron chi connectivity index (χ4n) is 4.52. The Kier molecular flexibility index (Phi) is 6.20. The third-order valence-corrected chi connectivity index (χ3v) is 6.07. The number of nitrogens with one attached hydrogen (secondary N) is 1. The summed E-state index contributed by atoms with van der Waals surface area (Å²) in [6.45, 7) is 5.30. The van der Waals surface area contributed by atoms with Gasteiger partial charge < -0.3 is 10.2 Å². The lowest BCUT2D eigenvalue weighted by molar-refractivity contribution is -0.121. The lowest BCUT2D eigenvalue weighted by Gasteiger charge is -2.32. The summed E-state index contributed by atoms with van der Waals surface area (Å²) in [6.07, 6.45) is 3.63. The van der Waals surface area contributed by atoms with Gasteiger partial charge in [0.2, 0.25) is 5.91 Å². The van der Waals surface area contributed by atoms with Crippen molar-refractivity contribution >= 4 is 11.8 Å². The zero-order chi connectivity index (χ0) is 22.0. The molecule has 0 fully saturated rings. The van der Waals surface area contributed by atoms with Crippen molar-refractivity contribution in [2.45, 2.75) is 58.5 Å². The van der Waals surface area contributed by atoms with Crippen molar-refractivity contribution in [3.63, 3.8) is 0 Å². The summed E-state index contributed by atoms with van der Waals surface area (Å²) >= 11 is 0. The molecule has 7 heteroatoms. The Hall–Kier alpha value is -2.96. The van der Waals surface area contributed by atoms with E-state index in [1.807, 2.05) is 32.0 Å². The number of aromatic nitrogens is 2. The first-order valence-electron chi connectivity index (χ1n) is 11.2. The molecule has 0 saturated heterocycles. The smallest absolute Gasteiger partial charge is 0.259 e. The summed E-state index contributed by atoms with van der Waals surface area (Å²) in [5.41, 5.74) is 1.99. The van der Waals surface area contributed by atoms with Crippen molar-refractivity contribution in [2.75, 3.05) is 13.1 Å². The number of amides is 2. The van der Waals surface area contributed by atoms with Gasteiger partial charge in [0, 0.05) is 37.9 Å². The molecule has 0 aliphatic carbocycles. The van der Waals surface area contributed by atoms with Gasteiger partial charge in [0.1, 0.15) is 5.82 Å². The summed E-state index contributed by atoms with van der Waals surface area (Å²) in [5, 5.41) is 2.99. The third kappa shape index (κ3) is 4.55. The van der Waals surface area contributed by atoms with Gasteiger partial charge in [-0.3, -0.25) is 19.0 Å². The highest BCUT2D eigenvalue weighted by atomic mass is 16.2. The van der Waals surface area contributed by atoms with Crippen molar-refractivity contribution in [3.8, 4) is 0 Å². The minimum absolute atomic E-state index is 0.0146. The highest BCUT2D eigenvalue weighted by Crippen LogP contribution is 2.24. The molecule has 0 bridgehead atoms. The van der Waals surface area contributed by atoms with Crippen LogP contribution < -0.4 is 10.9 Å². The van der Waals surface area contributed by atoms with Gasteiger partial charge in [-0.1, -0.05) is 32.0 Å². The maximum atomic E-state index is 13.5. The highest BCUT2D eigenvalue weighted by molar-refractivity contribution is 5.94. The second-order valence-electron chi connectivity index (χ2n) is 8.92. The largest absolute Gasteiger partial charge is 0.354 e. The molecule has 1 N–H and O–H groups in total. The second-order valence-corrected chi connectivity index (χ2v) is 8.92. The van der Waals surface area contributed by atoms with E-state index < -0.39 is 0 Å². The SMILES string of the molecule is CC(C)CC(=O)NC[C@@H]1CCCc2nc3c(c(=O)n21)CN(C(=O)c1ccccc1)CC3. The predicted octanol–water partition coefficient (Wildman–Crippen LogP) is 2.48. The number of aryl methyl sites for hydroxylation is 1. The Bertz CT molecular complexity index is 1030. The van der Waals surface area contributed by atoms with Gasteiger partial charge in [0.05, 0.1) is 23.8 Å². The summed E-state index contributed by atoms with van der Waals surface area (Å²) in [6, 6.07) is 9.07. The zero-order valence-corrected chi connectivity index (χ0v) is 18.3. The Morgan fingerprint density at radius 2 is 1.97 bits per heavy atom. The number of carbonyl (C=O) groups is 2. The number of carbonyl (C=O) groups excluding carboxylic acids is 2. The van der Waals surface area contributed by atoms with E-state index in [4.69, 9.17) is 4.98 Å². The molecule has 164 valence electrons. The van der Waals surface area contributed by atoms with Gasteiger partial charge in [-0.2, -0.15) is 0 Å². The van der Waals surface area contributed by atoms with E-state index in [1.165, 1.54) is 0 Å². The first-order chi connectivity index (χ1) is 14.9. The maximum absolute atomic E-state index is 13.5. The molecule has 2 aliphatic rings. The molecule has 0 radical (unpaired) electrons. The van der Waals surface area contributed by atoms with Crippen molar-refractivity contribution in [1.82, 2.24) is 19.8 Å². The molecule has 2 amide bonds. The summed E-state index contributed by atoms with van der Waals surface area (Å²) < 4.78 is 1.77. The molecule has 3 heterocycles. The van der Waals surface area contributed by atoms with Crippen LogP contribution in [0.25, 0.3) is 0 Å². The van der Waals surface area contributed by atoms with Crippen LogP contribution in [0.1, 0.15) is 66.6 Å². The van der Waals surface area contributed by atoms with Crippen molar-refractivity contribution < 1.29 is 9.59 Å². The monoisotopic (exact) mass is 422 g/mol. The first kappa shape index (κ1) is 21.3. The Labute approximate surface area is 182 Å². The van der Waals surface area contributed by atoms with E-state index in [0.717, 1.165) is 30.8 Å². The van der Waals surface area contributed by atoms with Crippen LogP contribution in [-0.4, -0.2) is 39.4 Å². The molecule has 1 aromatic heterocycles. The molecular formula is C24H30N4O3. The lowest BCUT2D eigenvalue weighted by atomic mass is 10.00. The first-order valence-corrected chi connectivity index (χ1v) is 11.2. The van der Waals surface area contributed by atoms with E-state index in [-0.39, 0.29) is 30.0 Å². The molecule has 1 aromatic carbocycles. The van der Waals surface area contributed by atoms with Crippen LogP contribution in [0, 0.1) is 5.92 Å². The molecule has 1 atom stereocenters. The van der Waals surface area contributed by atoms with Crippen molar-refractivity contribution in [3.05, 3.63) is 63.3 Å². The van der Waals surface area contributed by atoms with Crippen LogP contribution in [0.5, 0.6) is 0 Å². The van der Waals surface area contributed by atoms with Gasteiger partial charge in [-0.05, 0) is 30.9 Å². The third-order valence-electron chi connectivity index (χ3n) is 6.07. The molecule has 0 spiro atoms. The van der Waals surface area contributed by atoms with Gasteiger partial charge >= 0.3 is 0 Å². The number of benzene rings is 1. The van der Waals surface area contributed by atoms with Crippen molar-refractivity contribution in [1.29, 1.82) is 0 Å². The van der Waals surface area contributed by atoms with Gasteiger partial charge in [0.15, 0.2) is 0 Å². The summed E-state index contributed by atoms with van der Waals surface area (Å²) in [7, 11) is 0. The standard InChI is InChI=1S/C24H30N4O3/c1-16(2)13-22(29)25-14-18-9-6-10-21-26-20-11-12-27(15-19(20)24(31)28(18)21)23(30)17-7-4-3-5-8-17/h3-5,7-8,16,18H,6,9-15H2,1-2H3,(H,25,29)/t18-/m0/s1. The normalized spacial score (nSPS) is 17.8.